The summed E-state index contributed by atoms with van der Waals surface area (Å²) in [5.74, 6) is 1.54. The Morgan fingerprint density at radius 3 is 2.76 bits per heavy atom. The number of nitrogens with zero attached hydrogens (tertiary/aromatic N) is 5. The number of hydrogen-bond donors (Lipinski definition) is 1. The van der Waals surface area contributed by atoms with Crippen molar-refractivity contribution in [1.82, 2.24) is 30.0 Å². The van der Waals surface area contributed by atoms with E-state index in [0.717, 1.165) is 49.1 Å². The number of aryl methyl sites for hydroxylation is 2. The molecule has 3 rings (SSSR count). The molecule has 0 aliphatic heterocycles. The molecule has 8 nitrogen and oxygen atoms in total. The van der Waals surface area contributed by atoms with Crippen LogP contribution in [0.3, 0.4) is 0 Å². The Morgan fingerprint density at radius 1 is 1.24 bits per heavy atom. The molecule has 178 valence electrons. The molecule has 2 heterocycles. The molecule has 1 N–H and O–H groups in total. The zero-order chi connectivity index (χ0) is 23.8. The molecule has 0 aliphatic rings. The minimum Gasteiger partial charge on any atom is -0.447 e. The molecule has 1 amide bonds. The molecule has 3 aromatic rings. The topological polar surface area (TPSA) is 89.1 Å². The third-order valence-electron chi connectivity index (χ3n) is 5.55. The molecule has 1 unspecified atom stereocenters. The fourth-order valence-corrected chi connectivity index (χ4v) is 4.49. The lowest BCUT2D eigenvalue weighted by molar-refractivity contribution is 0.0932. The number of carbonyl (C=O) groups excluding carboxylic acids is 1. The summed E-state index contributed by atoms with van der Waals surface area (Å²) in [6, 6.07) is 8.28. The number of hydrogen-bond acceptors (Lipinski definition) is 7. The van der Waals surface area contributed by atoms with Gasteiger partial charge in [0, 0.05) is 11.7 Å². The second-order valence-corrected chi connectivity index (χ2v) is 9.11. The van der Waals surface area contributed by atoms with Gasteiger partial charge in [0.1, 0.15) is 12.1 Å². The Balaban J connectivity index is 1.54. The van der Waals surface area contributed by atoms with Gasteiger partial charge in [-0.05, 0) is 70.9 Å². The number of benzene rings is 1. The van der Waals surface area contributed by atoms with E-state index in [1.807, 2.05) is 30.5 Å². The number of nitrogens with one attached hydrogen (secondary N) is 1. The lowest BCUT2D eigenvalue weighted by Gasteiger charge is -2.19. The molecule has 0 bridgehead atoms. The maximum atomic E-state index is 12.5. The van der Waals surface area contributed by atoms with Crippen molar-refractivity contribution in [3.63, 3.8) is 0 Å². The molecule has 0 spiro atoms. The van der Waals surface area contributed by atoms with Crippen molar-refractivity contribution in [1.29, 1.82) is 0 Å². The smallest absolute Gasteiger partial charge is 0.273 e. The molecule has 0 aliphatic carbocycles. The van der Waals surface area contributed by atoms with E-state index >= 15 is 0 Å². The van der Waals surface area contributed by atoms with Gasteiger partial charge in [0.2, 0.25) is 5.89 Å². The molecule has 0 saturated carbocycles. The van der Waals surface area contributed by atoms with Crippen molar-refractivity contribution in [3.05, 3.63) is 53.5 Å². The van der Waals surface area contributed by atoms with E-state index in [4.69, 9.17) is 4.42 Å². The molecule has 2 aromatic heterocycles. The van der Waals surface area contributed by atoms with Crippen LogP contribution in [0.2, 0.25) is 0 Å². The summed E-state index contributed by atoms with van der Waals surface area (Å²) < 4.78 is 7.55. The van der Waals surface area contributed by atoms with E-state index in [-0.39, 0.29) is 11.9 Å². The van der Waals surface area contributed by atoms with Crippen molar-refractivity contribution in [2.45, 2.75) is 64.4 Å². The highest BCUT2D eigenvalue weighted by Gasteiger charge is 2.17. The second kappa shape index (κ2) is 12.0. The third kappa shape index (κ3) is 6.91. The van der Waals surface area contributed by atoms with Crippen molar-refractivity contribution in [3.8, 4) is 5.69 Å². The fraction of sp³-hybridized carbons (Fsp3) is 0.500. The zero-order valence-electron chi connectivity index (χ0n) is 20.2. The average molecular weight is 471 g/mol. The number of thioether (sulfide) groups is 1. The summed E-state index contributed by atoms with van der Waals surface area (Å²) in [6.07, 6.45) is 3.39. The van der Waals surface area contributed by atoms with Gasteiger partial charge >= 0.3 is 0 Å². The standard InChI is InChI=1S/C24H34N6O2S/c1-6-29(7-2)13-9-11-18(4)25-23(31)21-15-32-22(26-21)16-33-24-28-27-19(5)30(24)20-12-8-10-17(3)14-20/h8,10,12,14-15,18H,6-7,9,11,13,16H2,1-5H3,(H,25,31). The maximum absolute atomic E-state index is 12.5. The summed E-state index contributed by atoms with van der Waals surface area (Å²) >= 11 is 1.48. The first kappa shape index (κ1) is 25.0. The SMILES string of the molecule is CCN(CC)CCCC(C)NC(=O)c1coc(CSc2nnc(C)n2-c2cccc(C)c2)n1. The van der Waals surface area contributed by atoms with Gasteiger partial charge in [-0.15, -0.1) is 10.2 Å². The number of oxazole rings is 1. The van der Waals surface area contributed by atoms with Crippen molar-refractivity contribution >= 4 is 17.7 Å². The third-order valence-corrected chi connectivity index (χ3v) is 6.46. The van der Waals surface area contributed by atoms with Crippen LogP contribution in [0.15, 0.2) is 40.1 Å². The monoisotopic (exact) mass is 470 g/mol. The summed E-state index contributed by atoms with van der Waals surface area (Å²) in [7, 11) is 0. The number of carbonyl (C=O) groups is 1. The second-order valence-electron chi connectivity index (χ2n) is 8.16. The molecule has 0 fully saturated rings. The van der Waals surface area contributed by atoms with Gasteiger partial charge in [0.25, 0.3) is 5.91 Å². The van der Waals surface area contributed by atoms with Crippen LogP contribution in [-0.2, 0) is 5.75 Å². The lowest BCUT2D eigenvalue weighted by Crippen LogP contribution is -2.33. The number of aromatic nitrogens is 4. The van der Waals surface area contributed by atoms with Crippen LogP contribution >= 0.6 is 11.8 Å². The first-order valence-electron chi connectivity index (χ1n) is 11.5. The van der Waals surface area contributed by atoms with Crippen LogP contribution in [0.25, 0.3) is 5.69 Å². The molecule has 0 saturated heterocycles. The number of amides is 1. The van der Waals surface area contributed by atoms with Crippen LogP contribution in [0.5, 0.6) is 0 Å². The normalized spacial score (nSPS) is 12.3. The minimum absolute atomic E-state index is 0.0819. The summed E-state index contributed by atoms with van der Waals surface area (Å²) in [5.41, 5.74) is 2.49. The maximum Gasteiger partial charge on any atom is 0.273 e. The summed E-state index contributed by atoms with van der Waals surface area (Å²) in [4.78, 5) is 19.3. The zero-order valence-corrected chi connectivity index (χ0v) is 21.0. The van der Waals surface area contributed by atoms with Crippen LogP contribution in [-0.4, -0.2) is 56.2 Å². The van der Waals surface area contributed by atoms with E-state index in [1.165, 1.54) is 23.6 Å². The van der Waals surface area contributed by atoms with Crippen LogP contribution in [0.4, 0.5) is 0 Å². The molecule has 0 radical (unpaired) electrons. The van der Waals surface area contributed by atoms with Gasteiger partial charge in [0.15, 0.2) is 10.9 Å². The van der Waals surface area contributed by atoms with E-state index in [1.54, 1.807) is 0 Å². The average Bonchev–Trinajstić information content (AvgIpc) is 3.42. The Kier molecular flexibility index (Phi) is 9.08. The molecule has 33 heavy (non-hydrogen) atoms. The molecule has 1 atom stereocenters. The van der Waals surface area contributed by atoms with E-state index in [0.29, 0.717) is 17.3 Å². The Morgan fingerprint density at radius 2 is 2.03 bits per heavy atom. The van der Waals surface area contributed by atoms with Crippen LogP contribution in [0, 0.1) is 13.8 Å². The predicted molar refractivity (Wildman–Crippen MR) is 131 cm³/mol. The van der Waals surface area contributed by atoms with Gasteiger partial charge in [0.05, 0.1) is 5.75 Å². The van der Waals surface area contributed by atoms with Gasteiger partial charge in [-0.2, -0.15) is 0 Å². The van der Waals surface area contributed by atoms with Crippen molar-refractivity contribution in [2.24, 2.45) is 0 Å². The highest BCUT2D eigenvalue weighted by molar-refractivity contribution is 7.98. The minimum atomic E-state index is -0.205. The quantitative estimate of drug-likeness (QED) is 0.392. The highest BCUT2D eigenvalue weighted by Crippen LogP contribution is 2.25. The first-order valence-corrected chi connectivity index (χ1v) is 12.5. The van der Waals surface area contributed by atoms with E-state index in [2.05, 4.69) is 58.3 Å². The Labute approximate surface area is 200 Å². The van der Waals surface area contributed by atoms with Gasteiger partial charge in [-0.3, -0.25) is 9.36 Å². The molecule has 1 aromatic carbocycles. The van der Waals surface area contributed by atoms with E-state index in [9.17, 15) is 4.79 Å². The Hall–Kier alpha value is -2.65. The molecular weight excluding hydrogens is 436 g/mol. The lowest BCUT2D eigenvalue weighted by atomic mass is 10.1. The van der Waals surface area contributed by atoms with Gasteiger partial charge in [-0.25, -0.2) is 4.98 Å². The predicted octanol–water partition coefficient (Wildman–Crippen LogP) is 4.40. The Bertz CT molecular complexity index is 1040. The largest absolute Gasteiger partial charge is 0.447 e. The van der Waals surface area contributed by atoms with Gasteiger partial charge in [-0.1, -0.05) is 37.7 Å². The van der Waals surface area contributed by atoms with Crippen LogP contribution < -0.4 is 5.32 Å². The fourth-order valence-electron chi connectivity index (χ4n) is 3.64. The molecule has 9 heteroatoms. The summed E-state index contributed by atoms with van der Waals surface area (Å²) in [6.45, 7) is 13.5. The van der Waals surface area contributed by atoms with Crippen molar-refractivity contribution in [2.75, 3.05) is 19.6 Å². The van der Waals surface area contributed by atoms with Gasteiger partial charge < -0.3 is 14.6 Å². The number of rotatable bonds is 12. The molecular formula is C24H34N6O2S. The summed E-state index contributed by atoms with van der Waals surface area (Å²) in [5, 5.41) is 12.3. The first-order chi connectivity index (χ1) is 15.9. The highest BCUT2D eigenvalue weighted by atomic mass is 32.2. The van der Waals surface area contributed by atoms with Crippen LogP contribution in [0.1, 0.15) is 61.4 Å². The van der Waals surface area contributed by atoms with Crippen molar-refractivity contribution < 1.29 is 9.21 Å². The van der Waals surface area contributed by atoms with E-state index < -0.39 is 0 Å².